The number of carbonyl (C=O) groups excluding carboxylic acids is 3. The summed E-state index contributed by atoms with van der Waals surface area (Å²) in [4.78, 5) is 50.7. The molecule has 2 saturated carbocycles. The topological polar surface area (TPSA) is 101 Å². The van der Waals surface area contributed by atoms with Gasteiger partial charge < -0.3 is 0 Å². The van der Waals surface area contributed by atoms with Gasteiger partial charge in [0.1, 0.15) is 0 Å². The lowest BCUT2D eigenvalue weighted by Crippen LogP contribution is -2.50. The highest BCUT2D eigenvalue weighted by atomic mass is 16.6. The Morgan fingerprint density at radius 1 is 1.00 bits per heavy atom. The number of benzene rings is 2. The molecular weight excluding hydrogens is 398 g/mol. The summed E-state index contributed by atoms with van der Waals surface area (Å²) < 4.78 is 0. The average Bonchev–Trinajstić information content (AvgIpc) is 3.46. The van der Waals surface area contributed by atoms with E-state index in [1.54, 1.807) is 0 Å². The Balaban J connectivity index is 1.53. The first kappa shape index (κ1) is 19.4. The number of hydrogen-bond acceptors (Lipinski definition) is 5. The van der Waals surface area contributed by atoms with Crippen LogP contribution >= 0.6 is 0 Å². The maximum atomic E-state index is 13.5. The summed E-state index contributed by atoms with van der Waals surface area (Å²) in [5, 5.41) is 13.4. The van der Waals surface area contributed by atoms with E-state index in [0.717, 1.165) is 34.8 Å². The molecule has 0 spiro atoms. The molecule has 31 heavy (non-hydrogen) atoms. The quantitative estimate of drug-likeness (QED) is 0.421. The zero-order valence-corrected chi connectivity index (χ0v) is 16.7. The van der Waals surface area contributed by atoms with E-state index in [1.165, 1.54) is 24.3 Å². The SMILES string of the molecule is O=C(c1cccc([N+](=O)[O-])c1)N(Cc1ccccc1)N1C(=O)[C@H]2[C@H]3CC[C@@H](C3)[C@@H]2C1=O. The van der Waals surface area contributed by atoms with Gasteiger partial charge in [-0.25, -0.2) is 5.01 Å². The number of hydrazine groups is 1. The van der Waals surface area contributed by atoms with Crippen molar-refractivity contribution in [1.82, 2.24) is 10.0 Å². The van der Waals surface area contributed by atoms with Gasteiger partial charge in [-0.15, -0.1) is 0 Å². The van der Waals surface area contributed by atoms with Crippen LogP contribution in [0.3, 0.4) is 0 Å². The van der Waals surface area contributed by atoms with Gasteiger partial charge in [0, 0.05) is 17.7 Å². The highest BCUT2D eigenvalue weighted by molar-refractivity contribution is 6.08. The molecule has 5 rings (SSSR count). The summed E-state index contributed by atoms with van der Waals surface area (Å²) >= 11 is 0. The Kier molecular flexibility index (Phi) is 4.57. The monoisotopic (exact) mass is 419 g/mol. The molecule has 0 aromatic heterocycles. The van der Waals surface area contributed by atoms with Crippen LogP contribution in [-0.4, -0.2) is 32.7 Å². The molecule has 2 aliphatic carbocycles. The second kappa shape index (κ2) is 7.30. The summed E-state index contributed by atoms with van der Waals surface area (Å²) in [5.41, 5.74) is 0.590. The molecule has 2 aromatic rings. The largest absolute Gasteiger partial charge is 0.273 e. The zero-order valence-electron chi connectivity index (χ0n) is 16.7. The number of non-ortho nitro benzene ring substituents is 1. The van der Waals surface area contributed by atoms with Crippen molar-refractivity contribution in [2.75, 3.05) is 0 Å². The summed E-state index contributed by atoms with van der Waals surface area (Å²) in [6, 6.07) is 14.4. The molecule has 0 radical (unpaired) electrons. The molecule has 2 bridgehead atoms. The fourth-order valence-electron chi connectivity index (χ4n) is 5.52. The van der Waals surface area contributed by atoms with Gasteiger partial charge in [-0.3, -0.25) is 24.5 Å². The minimum absolute atomic E-state index is 0.0224. The molecule has 8 heteroatoms. The van der Waals surface area contributed by atoms with E-state index in [2.05, 4.69) is 0 Å². The minimum Gasteiger partial charge on any atom is -0.272 e. The van der Waals surface area contributed by atoms with Crippen molar-refractivity contribution in [3.8, 4) is 0 Å². The first-order valence-electron chi connectivity index (χ1n) is 10.4. The lowest BCUT2D eigenvalue weighted by atomic mass is 9.81. The number of rotatable bonds is 5. The number of nitrogens with zero attached hydrogens (tertiary/aromatic N) is 3. The van der Waals surface area contributed by atoms with Gasteiger partial charge >= 0.3 is 0 Å². The molecular formula is C23H21N3O5. The van der Waals surface area contributed by atoms with Crippen molar-refractivity contribution >= 4 is 23.4 Å². The highest BCUT2D eigenvalue weighted by Crippen LogP contribution is 2.56. The molecule has 3 amide bonds. The van der Waals surface area contributed by atoms with Crippen LogP contribution in [0.2, 0.25) is 0 Å². The molecule has 8 nitrogen and oxygen atoms in total. The lowest BCUT2D eigenvalue weighted by molar-refractivity contribution is -0.384. The Morgan fingerprint density at radius 2 is 1.65 bits per heavy atom. The molecule has 1 heterocycles. The van der Waals surface area contributed by atoms with Crippen molar-refractivity contribution in [3.05, 3.63) is 75.8 Å². The third kappa shape index (κ3) is 3.10. The first-order valence-corrected chi connectivity index (χ1v) is 10.4. The van der Waals surface area contributed by atoms with Crippen LogP contribution in [-0.2, 0) is 16.1 Å². The van der Waals surface area contributed by atoms with Crippen molar-refractivity contribution in [3.63, 3.8) is 0 Å². The maximum Gasteiger partial charge on any atom is 0.273 e. The average molecular weight is 419 g/mol. The number of amides is 3. The van der Waals surface area contributed by atoms with Gasteiger partial charge in [-0.2, -0.15) is 5.01 Å². The number of hydrogen-bond donors (Lipinski definition) is 0. The Bertz CT molecular complexity index is 1060. The van der Waals surface area contributed by atoms with Crippen molar-refractivity contribution in [1.29, 1.82) is 0 Å². The van der Waals surface area contributed by atoms with E-state index in [9.17, 15) is 24.5 Å². The molecule has 4 atom stereocenters. The molecule has 1 aliphatic heterocycles. The number of imide groups is 1. The van der Waals surface area contributed by atoms with Gasteiger partial charge in [0.05, 0.1) is 23.3 Å². The van der Waals surface area contributed by atoms with E-state index in [4.69, 9.17) is 0 Å². The standard InChI is InChI=1S/C23H21N3O5/c27-21(17-7-4-8-18(12-17)26(30)31)24(13-14-5-2-1-3-6-14)25-22(28)19-15-9-10-16(11-15)20(19)23(25)29/h1-8,12,15-16,19-20H,9-11,13H2/t15-,16-,19-,20-/m0/s1. The molecule has 3 aliphatic rings. The van der Waals surface area contributed by atoms with E-state index in [1.807, 2.05) is 30.3 Å². The van der Waals surface area contributed by atoms with E-state index < -0.39 is 10.8 Å². The zero-order chi connectivity index (χ0) is 21.7. The van der Waals surface area contributed by atoms with Crippen molar-refractivity contribution in [2.24, 2.45) is 23.7 Å². The summed E-state index contributed by atoms with van der Waals surface area (Å²) in [6.45, 7) is 0.0224. The Hall–Kier alpha value is -3.55. The predicted molar refractivity (Wildman–Crippen MR) is 109 cm³/mol. The van der Waals surface area contributed by atoms with Crippen LogP contribution in [0.4, 0.5) is 5.69 Å². The second-order valence-corrected chi connectivity index (χ2v) is 8.53. The molecule has 3 fully saturated rings. The predicted octanol–water partition coefficient (Wildman–Crippen LogP) is 3.18. The van der Waals surface area contributed by atoms with Crippen LogP contribution in [0.15, 0.2) is 54.6 Å². The van der Waals surface area contributed by atoms with Gasteiger partial charge in [-0.1, -0.05) is 36.4 Å². The van der Waals surface area contributed by atoms with Gasteiger partial charge in [0.2, 0.25) is 0 Å². The lowest BCUT2D eigenvalue weighted by Gasteiger charge is -2.31. The van der Waals surface area contributed by atoms with Crippen LogP contribution in [0.1, 0.15) is 35.2 Å². The van der Waals surface area contributed by atoms with E-state index >= 15 is 0 Å². The third-order valence-electron chi connectivity index (χ3n) is 6.86. The second-order valence-electron chi connectivity index (χ2n) is 8.53. The highest BCUT2D eigenvalue weighted by Gasteiger charge is 2.62. The smallest absolute Gasteiger partial charge is 0.272 e. The minimum atomic E-state index is -0.610. The Labute approximate surface area is 178 Å². The van der Waals surface area contributed by atoms with Crippen molar-refractivity contribution in [2.45, 2.75) is 25.8 Å². The summed E-state index contributed by atoms with van der Waals surface area (Å²) in [6.07, 6.45) is 2.78. The maximum absolute atomic E-state index is 13.5. The first-order chi connectivity index (χ1) is 15.0. The van der Waals surface area contributed by atoms with Crippen molar-refractivity contribution < 1.29 is 19.3 Å². The van der Waals surface area contributed by atoms with Gasteiger partial charge in [0.15, 0.2) is 0 Å². The van der Waals surface area contributed by atoms with Gasteiger partial charge in [0.25, 0.3) is 23.4 Å². The Morgan fingerprint density at radius 3 is 2.26 bits per heavy atom. The number of fused-ring (bicyclic) bond motifs is 5. The molecule has 1 saturated heterocycles. The van der Waals surface area contributed by atoms with Gasteiger partial charge in [-0.05, 0) is 42.7 Å². The molecule has 0 unspecified atom stereocenters. The van der Waals surface area contributed by atoms with Crippen LogP contribution in [0.25, 0.3) is 0 Å². The number of carbonyl (C=O) groups is 3. The van der Waals surface area contributed by atoms with E-state index in [-0.39, 0.29) is 53.3 Å². The molecule has 0 N–H and O–H groups in total. The normalized spacial score (nSPS) is 26.3. The van der Waals surface area contributed by atoms with Crippen LogP contribution in [0, 0.1) is 33.8 Å². The molecule has 158 valence electrons. The van der Waals surface area contributed by atoms with E-state index in [0.29, 0.717) is 0 Å². The third-order valence-corrected chi connectivity index (χ3v) is 6.86. The summed E-state index contributed by atoms with van der Waals surface area (Å²) in [7, 11) is 0. The summed E-state index contributed by atoms with van der Waals surface area (Å²) in [5.74, 6) is -1.58. The fraction of sp³-hybridized carbons (Fsp3) is 0.348. The fourth-order valence-corrected chi connectivity index (χ4v) is 5.52. The van der Waals surface area contributed by atoms with Crippen LogP contribution < -0.4 is 0 Å². The number of nitro groups is 1. The molecule has 2 aromatic carbocycles. The van der Waals surface area contributed by atoms with Crippen LogP contribution in [0.5, 0.6) is 0 Å². The number of nitro benzene ring substituents is 1.